The number of hydrogen-bond donors (Lipinski definition) is 2. The van der Waals surface area contributed by atoms with Gasteiger partial charge in [0.25, 0.3) is 0 Å². The molecule has 1 aromatic carbocycles. The lowest BCUT2D eigenvalue weighted by Crippen LogP contribution is -2.35. The van der Waals surface area contributed by atoms with Gasteiger partial charge in [-0.05, 0) is 37.6 Å². The lowest BCUT2D eigenvalue weighted by molar-refractivity contribution is -0.115. The molecule has 0 fully saturated rings. The first-order valence-corrected chi connectivity index (χ1v) is 6.69. The number of rotatable bonds is 7. The summed E-state index contributed by atoms with van der Waals surface area (Å²) in [5.74, 6) is -0.0402. The van der Waals surface area contributed by atoms with Gasteiger partial charge in [0.1, 0.15) is 0 Å². The number of hydrogen-bond acceptors (Lipinski definition) is 3. The summed E-state index contributed by atoms with van der Waals surface area (Å²) in [6.45, 7) is 3.04. The molecule has 0 aromatic heterocycles. The van der Waals surface area contributed by atoms with Crippen LogP contribution in [-0.4, -0.2) is 32.2 Å². The van der Waals surface area contributed by atoms with Crippen molar-refractivity contribution in [3.05, 3.63) is 28.7 Å². The van der Waals surface area contributed by atoms with Gasteiger partial charge in [0.05, 0.1) is 6.54 Å². The molecule has 0 saturated carbocycles. The summed E-state index contributed by atoms with van der Waals surface area (Å²) in [5, 5.41) is 5.97. The number of methoxy groups -OCH3 is 1. The zero-order valence-electron chi connectivity index (χ0n) is 10.7. The molecule has 0 aliphatic heterocycles. The second-order valence-corrected chi connectivity index (χ2v) is 5.03. The number of carbonyl (C=O) groups is 1. The largest absolute Gasteiger partial charge is 0.385 e. The van der Waals surface area contributed by atoms with Gasteiger partial charge in [0, 0.05) is 29.9 Å². The number of ether oxygens (including phenoxy) is 1. The van der Waals surface area contributed by atoms with E-state index >= 15 is 0 Å². The van der Waals surface area contributed by atoms with Crippen molar-refractivity contribution in [3.8, 4) is 0 Å². The molecule has 0 aliphatic rings. The van der Waals surface area contributed by atoms with Gasteiger partial charge in [0.15, 0.2) is 0 Å². The van der Waals surface area contributed by atoms with Gasteiger partial charge < -0.3 is 15.4 Å². The molecule has 0 radical (unpaired) electrons. The van der Waals surface area contributed by atoms with E-state index in [1.807, 2.05) is 31.2 Å². The van der Waals surface area contributed by atoms with Crippen molar-refractivity contribution in [1.29, 1.82) is 0 Å². The second kappa shape index (κ2) is 8.24. The highest BCUT2D eigenvalue weighted by atomic mass is 79.9. The van der Waals surface area contributed by atoms with Gasteiger partial charge in [-0.15, -0.1) is 0 Å². The van der Waals surface area contributed by atoms with Crippen LogP contribution in [0.3, 0.4) is 0 Å². The molecule has 1 rings (SSSR count). The zero-order chi connectivity index (χ0) is 13.4. The molecule has 0 bridgehead atoms. The Kier molecular flexibility index (Phi) is 6.93. The lowest BCUT2D eigenvalue weighted by atomic mass is 10.2. The van der Waals surface area contributed by atoms with E-state index in [0.717, 1.165) is 16.6 Å². The van der Waals surface area contributed by atoms with Crippen LogP contribution in [0.1, 0.15) is 13.3 Å². The summed E-state index contributed by atoms with van der Waals surface area (Å²) in [7, 11) is 1.67. The van der Waals surface area contributed by atoms with Crippen molar-refractivity contribution in [2.75, 3.05) is 25.6 Å². The number of carbonyl (C=O) groups excluding carboxylic acids is 1. The summed E-state index contributed by atoms with van der Waals surface area (Å²) in [6.07, 6.45) is 0.891. The Bertz CT molecular complexity index is 368. The third-order valence-electron chi connectivity index (χ3n) is 2.49. The van der Waals surface area contributed by atoms with Crippen LogP contribution >= 0.6 is 15.9 Å². The van der Waals surface area contributed by atoms with Gasteiger partial charge in [-0.25, -0.2) is 0 Å². The molecular weight excluding hydrogens is 296 g/mol. The van der Waals surface area contributed by atoms with Crippen molar-refractivity contribution in [1.82, 2.24) is 5.32 Å². The molecule has 0 heterocycles. The minimum atomic E-state index is -0.0402. The number of anilines is 1. The summed E-state index contributed by atoms with van der Waals surface area (Å²) in [6, 6.07) is 7.77. The molecule has 1 aromatic rings. The summed E-state index contributed by atoms with van der Waals surface area (Å²) in [5.41, 5.74) is 0.801. The second-order valence-electron chi connectivity index (χ2n) is 4.12. The van der Waals surface area contributed by atoms with Crippen molar-refractivity contribution >= 4 is 27.5 Å². The van der Waals surface area contributed by atoms with E-state index in [1.165, 1.54) is 0 Å². The molecule has 5 heteroatoms. The monoisotopic (exact) mass is 314 g/mol. The van der Waals surface area contributed by atoms with E-state index < -0.39 is 0 Å². The SMILES string of the molecule is COCCC(C)NCC(=O)Nc1ccc(Br)cc1. The topological polar surface area (TPSA) is 50.4 Å². The zero-order valence-corrected chi connectivity index (χ0v) is 12.3. The van der Waals surface area contributed by atoms with Gasteiger partial charge in [-0.2, -0.15) is 0 Å². The fourth-order valence-corrected chi connectivity index (χ4v) is 1.67. The average Bonchev–Trinajstić information content (AvgIpc) is 2.36. The molecule has 18 heavy (non-hydrogen) atoms. The average molecular weight is 315 g/mol. The molecular formula is C13H19BrN2O2. The van der Waals surface area contributed by atoms with Gasteiger partial charge in [-0.3, -0.25) is 4.79 Å². The predicted octanol–water partition coefficient (Wildman–Crippen LogP) is 2.40. The molecule has 4 nitrogen and oxygen atoms in total. The molecule has 0 saturated heterocycles. The minimum Gasteiger partial charge on any atom is -0.385 e. The van der Waals surface area contributed by atoms with Crippen molar-refractivity contribution in [2.45, 2.75) is 19.4 Å². The van der Waals surface area contributed by atoms with Crippen molar-refractivity contribution < 1.29 is 9.53 Å². The molecule has 1 amide bonds. The third-order valence-corrected chi connectivity index (χ3v) is 3.02. The number of nitrogens with one attached hydrogen (secondary N) is 2. The molecule has 0 spiro atoms. The summed E-state index contributed by atoms with van der Waals surface area (Å²) >= 11 is 3.35. The molecule has 100 valence electrons. The number of amides is 1. The number of halogens is 1. The van der Waals surface area contributed by atoms with E-state index in [-0.39, 0.29) is 11.9 Å². The smallest absolute Gasteiger partial charge is 0.238 e. The fourth-order valence-electron chi connectivity index (χ4n) is 1.40. The molecule has 2 N–H and O–H groups in total. The van der Waals surface area contributed by atoms with Crippen LogP contribution < -0.4 is 10.6 Å². The molecule has 1 unspecified atom stereocenters. The maximum atomic E-state index is 11.7. The van der Waals surface area contributed by atoms with Crippen LogP contribution in [0.5, 0.6) is 0 Å². The normalized spacial score (nSPS) is 12.2. The van der Waals surface area contributed by atoms with Gasteiger partial charge in [0.2, 0.25) is 5.91 Å². The summed E-state index contributed by atoms with van der Waals surface area (Å²) in [4.78, 5) is 11.7. The quantitative estimate of drug-likeness (QED) is 0.812. The van der Waals surface area contributed by atoms with Crippen molar-refractivity contribution in [3.63, 3.8) is 0 Å². The molecule has 0 aliphatic carbocycles. The Hall–Kier alpha value is -0.910. The van der Waals surface area contributed by atoms with E-state index in [4.69, 9.17) is 4.74 Å². The van der Waals surface area contributed by atoms with Crippen LogP contribution in [0.4, 0.5) is 5.69 Å². The van der Waals surface area contributed by atoms with Crippen molar-refractivity contribution in [2.24, 2.45) is 0 Å². The maximum Gasteiger partial charge on any atom is 0.238 e. The summed E-state index contributed by atoms with van der Waals surface area (Å²) < 4.78 is 5.97. The van der Waals surface area contributed by atoms with Gasteiger partial charge in [-0.1, -0.05) is 15.9 Å². The first kappa shape index (κ1) is 15.1. The van der Waals surface area contributed by atoms with Gasteiger partial charge >= 0.3 is 0 Å². The predicted molar refractivity (Wildman–Crippen MR) is 76.7 cm³/mol. The fraction of sp³-hybridized carbons (Fsp3) is 0.462. The highest BCUT2D eigenvalue weighted by molar-refractivity contribution is 9.10. The standard InChI is InChI=1S/C13H19BrN2O2/c1-10(7-8-18-2)15-9-13(17)16-12-5-3-11(14)4-6-12/h3-6,10,15H,7-9H2,1-2H3,(H,16,17). The Morgan fingerprint density at radius 1 is 1.39 bits per heavy atom. The highest BCUT2D eigenvalue weighted by Gasteiger charge is 2.05. The van der Waals surface area contributed by atoms with E-state index in [1.54, 1.807) is 7.11 Å². The molecule has 1 atom stereocenters. The maximum absolute atomic E-state index is 11.7. The Balaban J connectivity index is 2.27. The van der Waals surface area contributed by atoms with Crippen LogP contribution in [0.2, 0.25) is 0 Å². The van der Waals surface area contributed by atoms with E-state index in [2.05, 4.69) is 26.6 Å². The Morgan fingerprint density at radius 3 is 2.67 bits per heavy atom. The van der Waals surface area contributed by atoms with Crippen LogP contribution in [0, 0.1) is 0 Å². The van der Waals surface area contributed by atoms with E-state index in [0.29, 0.717) is 13.2 Å². The van der Waals surface area contributed by atoms with Crippen LogP contribution in [0.15, 0.2) is 28.7 Å². The third kappa shape index (κ3) is 6.14. The Labute approximate surface area is 116 Å². The number of benzene rings is 1. The lowest BCUT2D eigenvalue weighted by Gasteiger charge is -2.13. The van der Waals surface area contributed by atoms with Crippen LogP contribution in [-0.2, 0) is 9.53 Å². The Morgan fingerprint density at radius 2 is 2.06 bits per heavy atom. The highest BCUT2D eigenvalue weighted by Crippen LogP contribution is 2.13. The van der Waals surface area contributed by atoms with E-state index in [9.17, 15) is 4.79 Å². The van der Waals surface area contributed by atoms with Crippen LogP contribution in [0.25, 0.3) is 0 Å². The first-order chi connectivity index (χ1) is 8.61. The first-order valence-electron chi connectivity index (χ1n) is 5.89. The minimum absolute atomic E-state index is 0.0402.